The van der Waals surface area contributed by atoms with Crippen LogP contribution in [0.25, 0.3) is 12.2 Å². The maximum Gasteiger partial charge on any atom is 0.0206 e. The molecule has 0 aromatic heterocycles. The molecule has 0 radical (unpaired) electrons. The van der Waals surface area contributed by atoms with Crippen molar-refractivity contribution in [3.63, 3.8) is 0 Å². The predicted molar refractivity (Wildman–Crippen MR) is 77.7 cm³/mol. The van der Waals surface area contributed by atoms with Gasteiger partial charge in [0, 0.05) is 20.2 Å². The van der Waals surface area contributed by atoms with E-state index in [1.807, 2.05) is 11.8 Å². The standard InChI is InChI=1S/C15H12S2/c1-16-14-7-4-8-15-12(14)10-9-11-5-2-3-6-13(11)17-15/h2-10H,1H3. The summed E-state index contributed by atoms with van der Waals surface area (Å²) in [5, 5.41) is 0. The lowest BCUT2D eigenvalue weighted by Crippen LogP contribution is -1.82. The Hall–Kier alpha value is -1.12. The van der Waals surface area contributed by atoms with Gasteiger partial charge in [0.1, 0.15) is 0 Å². The van der Waals surface area contributed by atoms with Gasteiger partial charge in [-0.15, -0.1) is 11.8 Å². The largest absolute Gasteiger partial charge is 0.129 e. The van der Waals surface area contributed by atoms with Crippen LogP contribution in [0.5, 0.6) is 0 Å². The van der Waals surface area contributed by atoms with Gasteiger partial charge in [0.2, 0.25) is 0 Å². The molecule has 1 aliphatic rings. The number of fused-ring (bicyclic) bond motifs is 2. The highest BCUT2D eigenvalue weighted by Gasteiger charge is 2.11. The van der Waals surface area contributed by atoms with Crippen molar-refractivity contribution in [3.05, 3.63) is 53.6 Å². The number of hydrogen-bond acceptors (Lipinski definition) is 2. The highest BCUT2D eigenvalue weighted by molar-refractivity contribution is 8.00. The zero-order valence-electron chi connectivity index (χ0n) is 9.51. The van der Waals surface area contributed by atoms with Gasteiger partial charge in [-0.2, -0.15) is 0 Å². The van der Waals surface area contributed by atoms with Gasteiger partial charge in [-0.25, -0.2) is 0 Å². The molecule has 1 heterocycles. The lowest BCUT2D eigenvalue weighted by atomic mass is 10.1. The van der Waals surface area contributed by atoms with Crippen molar-refractivity contribution in [2.24, 2.45) is 0 Å². The molecule has 0 atom stereocenters. The predicted octanol–water partition coefficient (Wildman–Crippen LogP) is 5.04. The molecule has 1 aliphatic heterocycles. The Labute approximate surface area is 110 Å². The Bertz CT molecular complexity index is 585. The average molecular weight is 256 g/mol. The van der Waals surface area contributed by atoms with Crippen LogP contribution in [0.1, 0.15) is 11.1 Å². The van der Waals surface area contributed by atoms with Crippen molar-refractivity contribution >= 4 is 35.7 Å². The molecule has 0 nitrogen and oxygen atoms in total. The maximum atomic E-state index is 2.24. The third kappa shape index (κ3) is 2.03. The van der Waals surface area contributed by atoms with Crippen LogP contribution < -0.4 is 0 Å². The Balaban J connectivity index is 2.18. The molecule has 0 unspecified atom stereocenters. The molecular formula is C15H12S2. The van der Waals surface area contributed by atoms with Crippen LogP contribution in [0.2, 0.25) is 0 Å². The second-order valence-electron chi connectivity index (χ2n) is 3.85. The van der Waals surface area contributed by atoms with Gasteiger partial charge >= 0.3 is 0 Å². The van der Waals surface area contributed by atoms with Gasteiger partial charge in [-0.05, 0) is 30.0 Å². The van der Waals surface area contributed by atoms with Crippen LogP contribution >= 0.6 is 23.5 Å². The van der Waals surface area contributed by atoms with Crippen molar-refractivity contribution < 1.29 is 0 Å². The quantitative estimate of drug-likeness (QED) is 0.559. The van der Waals surface area contributed by atoms with E-state index >= 15 is 0 Å². The second kappa shape index (κ2) is 4.63. The van der Waals surface area contributed by atoms with E-state index in [1.165, 1.54) is 25.8 Å². The summed E-state index contributed by atoms with van der Waals surface area (Å²) in [6, 6.07) is 15.1. The summed E-state index contributed by atoms with van der Waals surface area (Å²) in [5.41, 5.74) is 2.65. The van der Waals surface area contributed by atoms with Gasteiger partial charge in [0.15, 0.2) is 0 Å². The fraction of sp³-hybridized carbons (Fsp3) is 0.0667. The van der Waals surface area contributed by atoms with Gasteiger partial charge in [0.25, 0.3) is 0 Å². The van der Waals surface area contributed by atoms with E-state index in [0.717, 1.165) is 0 Å². The van der Waals surface area contributed by atoms with Crippen molar-refractivity contribution in [2.75, 3.05) is 6.26 Å². The molecule has 17 heavy (non-hydrogen) atoms. The average Bonchev–Trinajstić information content (AvgIpc) is 2.57. The summed E-state index contributed by atoms with van der Waals surface area (Å²) >= 11 is 3.66. The fourth-order valence-electron chi connectivity index (χ4n) is 1.96. The molecule has 2 aromatic carbocycles. The normalized spacial score (nSPS) is 12.8. The third-order valence-corrected chi connectivity index (χ3v) is 4.78. The fourth-order valence-corrected chi connectivity index (χ4v) is 3.71. The minimum atomic E-state index is 1.31. The summed E-state index contributed by atoms with van der Waals surface area (Å²) in [7, 11) is 0. The Morgan fingerprint density at radius 3 is 2.59 bits per heavy atom. The van der Waals surface area contributed by atoms with Crippen LogP contribution in [0, 0.1) is 0 Å². The molecule has 0 bridgehead atoms. The minimum absolute atomic E-state index is 1.31. The molecule has 0 saturated heterocycles. The number of benzene rings is 2. The molecule has 84 valence electrons. The lowest BCUT2D eigenvalue weighted by molar-refractivity contribution is 1.29. The van der Waals surface area contributed by atoms with Crippen LogP contribution in [-0.4, -0.2) is 6.26 Å². The Morgan fingerprint density at radius 1 is 0.882 bits per heavy atom. The molecule has 2 heteroatoms. The molecule has 0 aliphatic carbocycles. The second-order valence-corrected chi connectivity index (χ2v) is 5.78. The molecule has 0 fully saturated rings. The van der Waals surface area contributed by atoms with Crippen molar-refractivity contribution in [1.29, 1.82) is 0 Å². The SMILES string of the molecule is CSc1cccc2c1C=Cc1ccccc1S2. The highest BCUT2D eigenvalue weighted by Crippen LogP contribution is 2.40. The summed E-state index contributed by atoms with van der Waals surface area (Å²) in [4.78, 5) is 4.03. The molecule has 2 aromatic rings. The number of thioether (sulfide) groups is 1. The first-order chi connectivity index (χ1) is 8.38. The van der Waals surface area contributed by atoms with E-state index in [1.54, 1.807) is 11.8 Å². The van der Waals surface area contributed by atoms with Crippen LogP contribution in [-0.2, 0) is 0 Å². The van der Waals surface area contributed by atoms with Gasteiger partial charge in [-0.3, -0.25) is 0 Å². The summed E-state index contributed by atoms with van der Waals surface area (Å²) in [6.07, 6.45) is 6.58. The van der Waals surface area contributed by atoms with Crippen molar-refractivity contribution in [3.8, 4) is 0 Å². The van der Waals surface area contributed by atoms with E-state index in [0.29, 0.717) is 0 Å². The Kier molecular flexibility index (Phi) is 3.00. The minimum Gasteiger partial charge on any atom is -0.129 e. The monoisotopic (exact) mass is 256 g/mol. The number of hydrogen-bond donors (Lipinski definition) is 0. The van der Waals surface area contributed by atoms with Crippen molar-refractivity contribution in [1.82, 2.24) is 0 Å². The van der Waals surface area contributed by atoms with E-state index in [-0.39, 0.29) is 0 Å². The lowest BCUT2D eigenvalue weighted by Gasteiger charge is -2.08. The first-order valence-corrected chi connectivity index (χ1v) is 7.54. The molecule has 0 N–H and O–H groups in total. The molecule has 3 rings (SSSR count). The van der Waals surface area contributed by atoms with Gasteiger partial charge in [0.05, 0.1) is 0 Å². The zero-order valence-corrected chi connectivity index (χ0v) is 11.1. The molecule has 0 amide bonds. The van der Waals surface area contributed by atoms with Crippen LogP contribution in [0.4, 0.5) is 0 Å². The van der Waals surface area contributed by atoms with Gasteiger partial charge < -0.3 is 0 Å². The van der Waals surface area contributed by atoms with E-state index in [2.05, 4.69) is 60.9 Å². The van der Waals surface area contributed by atoms with E-state index in [4.69, 9.17) is 0 Å². The zero-order chi connectivity index (χ0) is 11.7. The highest BCUT2D eigenvalue weighted by atomic mass is 32.2. The summed E-state index contributed by atoms with van der Waals surface area (Å²) in [6.45, 7) is 0. The molecule has 0 saturated carbocycles. The van der Waals surface area contributed by atoms with Crippen LogP contribution in [0.3, 0.4) is 0 Å². The molecule has 0 spiro atoms. The van der Waals surface area contributed by atoms with Crippen LogP contribution in [0.15, 0.2) is 57.2 Å². The smallest absolute Gasteiger partial charge is 0.0206 e. The van der Waals surface area contributed by atoms with E-state index < -0.39 is 0 Å². The van der Waals surface area contributed by atoms with E-state index in [9.17, 15) is 0 Å². The maximum absolute atomic E-state index is 2.24. The Morgan fingerprint density at radius 2 is 1.71 bits per heavy atom. The molecular weight excluding hydrogens is 244 g/mol. The third-order valence-electron chi connectivity index (χ3n) is 2.81. The topological polar surface area (TPSA) is 0 Å². The summed E-state index contributed by atoms with van der Waals surface area (Å²) < 4.78 is 0. The first kappa shape index (κ1) is 11.0. The van der Waals surface area contributed by atoms with Gasteiger partial charge in [-0.1, -0.05) is 48.2 Å². The van der Waals surface area contributed by atoms with Crippen molar-refractivity contribution in [2.45, 2.75) is 14.7 Å². The number of rotatable bonds is 1. The summed E-state index contributed by atoms with van der Waals surface area (Å²) in [5.74, 6) is 0. The first-order valence-electron chi connectivity index (χ1n) is 5.50.